The number of furan rings is 1. The molecule has 1 aliphatic rings. The maximum atomic E-state index is 5.67. The van der Waals surface area contributed by atoms with E-state index in [9.17, 15) is 0 Å². The van der Waals surface area contributed by atoms with E-state index in [2.05, 4.69) is 35.2 Å². The van der Waals surface area contributed by atoms with E-state index in [1.54, 1.807) is 0 Å². The fourth-order valence-electron chi connectivity index (χ4n) is 2.49. The number of likely N-dealkylation sites (N-methyl/N-ethyl adjacent to an activating group) is 1. The van der Waals surface area contributed by atoms with Gasteiger partial charge in [-0.2, -0.15) is 0 Å². The molecule has 1 aromatic heterocycles. The molecule has 0 amide bonds. The number of nitrogens with one attached hydrogen (secondary N) is 1. The van der Waals surface area contributed by atoms with Gasteiger partial charge in [0.2, 0.25) is 0 Å². The van der Waals surface area contributed by atoms with Crippen LogP contribution in [0.25, 0.3) is 0 Å². The third kappa shape index (κ3) is 4.97. The van der Waals surface area contributed by atoms with Gasteiger partial charge in [0.1, 0.15) is 5.76 Å². The maximum Gasteiger partial charge on any atom is 0.118 e. The molecule has 4 heteroatoms. The van der Waals surface area contributed by atoms with E-state index < -0.39 is 0 Å². The minimum Gasteiger partial charge on any atom is -0.468 e. The van der Waals surface area contributed by atoms with Crippen molar-refractivity contribution in [2.24, 2.45) is 0 Å². The molecule has 1 aromatic rings. The summed E-state index contributed by atoms with van der Waals surface area (Å²) in [6, 6.07) is 2.19. The minimum atomic E-state index is 0.917. The molecule has 1 N–H and O–H groups in total. The summed E-state index contributed by atoms with van der Waals surface area (Å²) in [7, 11) is 2.20. The molecule has 0 saturated carbocycles. The number of rotatable bonds is 6. The first kappa shape index (κ1) is 14.6. The van der Waals surface area contributed by atoms with Gasteiger partial charge in [-0.25, -0.2) is 0 Å². The monoisotopic (exact) mass is 265 g/mol. The quantitative estimate of drug-likeness (QED) is 0.796. The lowest BCUT2D eigenvalue weighted by molar-refractivity contribution is 0.249. The Morgan fingerprint density at radius 1 is 1.26 bits per heavy atom. The van der Waals surface area contributed by atoms with Gasteiger partial charge in [-0.3, -0.25) is 4.90 Å². The van der Waals surface area contributed by atoms with Crippen LogP contribution >= 0.6 is 0 Å². The summed E-state index contributed by atoms with van der Waals surface area (Å²) in [5.41, 5.74) is 1.26. The second kappa shape index (κ2) is 7.68. The summed E-state index contributed by atoms with van der Waals surface area (Å²) >= 11 is 0. The molecule has 108 valence electrons. The number of hydrogen-bond acceptors (Lipinski definition) is 4. The Balaban J connectivity index is 1.78. The zero-order valence-corrected chi connectivity index (χ0v) is 12.3. The molecule has 0 unspecified atom stereocenters. The van der Waals surface area contributed by atoms with Crippen LogP contribution in [0.3, 0.4) is 0 Å². The molecule has 4 nitrogen and oxygen atoms in total. The molecule has 0 aliphatic carbocycles. The number of hydrogen-bond donors (Lipinski definition) is 1. The first-order valence-electron chi connectivity index (χ1n) is 7.46. The van der Waals surface area contributed by atoms with Crippen LogP contribution in [-0.4, -0.2) is 49.6 Å². The predicted octanol–water partition coefficient (Wildman–Crippen LogP) is 1.92. The second-order valence-corrected chi connectivity index (χ2v) is 5.53. The van der Waals surface area contributed by atoms with E-state index in [1.807, 2.05) is 6.26 Å². The van der Waals surface area contributed by atoms with Gasteiger partial charge in [0.05, 0.1) is 12.8 Å². The second-order valence-electron chi connectivity index (χ2n) is 5.53. The molecule has 19 heavy (non-hydrogen) atoms. The van der Waals surface area contributed by atoms with Crippen LogP contribution in [0.15, 0.2) is 16.7 Å². The van der Waals surface area contributed by atoms with Crippen molar-refractivity contribution in [3.63, 3.8) is 0 Å². The average Bonchev–Trinajstić information content (AvgIpc) is 2.73. The van der Waals surface area contributed by atoms with Crippen molar-refractivity contribution in [1.82, 2.24) is 15.1 Å². The molecule has 0 bridgehead atoms. The Morgan fingerprint density at radius 3 is 3.00 bits per heavy atom. The topological polar surface area (TPSA) is 31.7 Å². The Hall–Kier alpha value is -0.840. The smallest absolute Gasteiger partial charge is 0.118 e. The summed E-state index contributed by atoms with van der Waals surface area (Å²) in [6.07, 6.45) is 4.32. The van der Waals surface area contributed by atoms with Crippen molar-refractivity contribution in [3.05, 3.63) is 23.7 Å². The predicted molar refractivity (Wildman–Crippen MR) is 78.1 cm³/mol. The highest BCUT2D eigenvalue weighted by Gasteiger charge is 2.13. The Labute approximate surface area is 116 Å². The highest BCUT2D eigenvalue weighted by Crippen LogP contribution is 2.12. The van der Waals surface area contributed by atoms with Gasteiger partial charge in [-0.05, 0) is 45.6 Å². The summed E-state index contributed by atoms with van der Waals surface area (Å²) in [4.78, 5) is 4.90. The zero-order valence-electron chi connectivity index (χ0n) is 12.3. The maximum absolute atomic E-state index is 5.67. The molecule has 2 rings (SSSR count). The van der Waals surface area contributed by atoms with Crippen molar-refractivity contribution in [1.29, 1.82) is 0 Å². The van der Waals surface area contributed by atoms with Crippen LogP contribution in [0.1, 0.15) is 31.1 Å². The van der Waals surface area contributed by atoms with Gasteiger partial charge >= 0.3 is 0 Å². The lowest BCUT2D eigenvalue weighted by atomic mass is 10.3. The molecular formula is C15H27N3O. The SMILES string of the molecule is CCCNCc1coc(CN2CCCN(C)CC2)c1. The van der Waals surface area contributed by atoms with Gasteiger partial charge in [0.15, 0.2) is 0 Å². The van der Waals surface area contributed by atoms with Crippen LogP contribution in [0.2, 0.25) is 0 Å². The van der Waals surface area contributed by atoms with E-state index in [0.717, 1.165) is 38.5 Å². The normalized spacial score (nSPS) is 18.6. The zero-order chi connectivity index (χ0) is 13.5. The van der Waals surface area contributed by atoms with Crippen molar-refractivity contribution in [2.45, 2.75) is 32.9 Å². The molecule has 2 heterocycles. The lowest BCUT2D eigenvalue weighted by Crippen LogP contribution is -2.28. The van der Waals surface area contributed by atoms with Gasteiger partial charge in [-0.1, -0.05) is 6.92 Å². The number of nitrogens with zero attached hydrogens (tertiary/aromatic N) is 2. The minimum absolute atomic E-state index is 0.917. The molecule has 0 atom stereocenters. The highest BCUT2D eigenvalue weighted by atomic mass is 16.3. The van der Waals surface area contributed by atoms with Crippen molar-refractivity contribution >= 4 is 0 Å². The van der Waals surface area contributed by atoms with E-state index in [0.29, 0.717) is 0 Å². The van der Waals surface area contributed by atoms with Gasteiger partial charge < -0.3 is 14.6 Å². The van der Waals surface area contributed by atoms with Crippen molar-refractivity contribution in [2.75, 3.05) is 39.8 Å². The third-order valence-electron chi connectivity index (χ3n) is 3.66. The molecule has 1 fully saturated rings. The van der Waals surface area contributed by atoms with Crippen molar-refractivity contribution in [3.8, 4) is 0 Å². The van der Waals surface area contributed by atoms with Crippen LogP contribution in [0.4, 0.5) is 0 Å². The Morgan fingerprint density at radius 2 is 2.16 bits per heavy atom. The van der Waals surface area contributed by atoms with Gasteiger partial charge in [0, 0.05) is 25.2 Å². The molecule has 1 saturated heterocycles. The van der Waals surface area contributed by atoms with Crippen molar-refractivity contribution < 1.29 is 4.42 Å². The van der Waals surface area contributed by atoms with E-state index in [4.69, 9.17) is 4.42 Å². The Kier molecular flexibility index (Phi) is 5.89. The highest BCUT2D eigenvalue weighted by molar-refractivity contribution is 5.12. The largest absolute Gasteiger partial charge is 0.468 e. The van der Waals surface area contributed by atoms with E-state index in [1.165, 1.54) is 31.5 Å². The average molecular weight is 265 g/mol. The summed E-state index contributed by atoms with van der Waals surface area (Å²) < 4.78 is 5.67. The molecule has 0 radical (unpaired) electrons. The summed E-state index contributed by atoms with van der Waals surface area (Å²) in [6.45, 7) is 9.80. The van der Waals surface area contributed by atoms with E-state index in [-0.39, 0.29) is 0 Å². The fraction of sp³-hybridized carbons (Fsp3) is 0.733. The summed E-state index contributed by atoms with van der Waals surface area (Å²) in [5, 5.41) is 3.40. The summed E-state index contributed by atoms with van der Waals surface area (Å²) in [5.74, 6) is 1.10. The Bertz CT molecular complexity index is 364. The molecule has 0 spiro atoms. The van der Waals surface area contributed by atoms with Crippen LogP contribution in [0.5, 0.6) is 0 Å². The van der Waals surface area contributed by atoms with Crippen LogP contribution in [-0.2, 0) is 13.1 Å². The lowest BCUT2D eigenvalue weighted by Gasteiger charge is -2.18. The van der Waals surface area contributed by atoms with Gasteiger partial charge in [-0.15, -0.1) is 0 Å². The van der Waals surface area contributed by atoms with E-state index >= 15 is 0 Å². The third-order valence-corrected chi connectivity index (χ3v) is 3.66. The van der Waals surface area contributed by atoms with Gasteiger partial charge in [0.25, 0.3) is 0 Å². The standard InChI is InChI=1S/C15H27N3O/c1-3-5-16-11-14-10-15(19-13-14)12-18-7-4-6-17(2)8-9-18/h10,13,16H,3-9,11-12H2,1-2H3. The fourth-order valence-corrected chi connectivity index (χ4v) is 2.49. The molecule has 0 aromatic carbocycles. The van der Waals surface area contributed by atoms with Crippen LogP contribution < -0.4 is 5.32 Å². The molecule has 1 aliphatic heterocycles. The van der Waals surface area contributed by atoms with Crippen LogP contribution in [0, 0.1) is 0 Å². The molecular weight excluding hydrogens is 238 g/mol. The first-order chi connectivity index (χ1) is 9.28. The first-order valence-corrected chi connectivity index (χ1v) is 7.46.